The van der Waals surface area contributed by atoms with Crippen molar-refractivity contribution in [2.45, 2.75) is 31.2 Å². The van der Waals surface area contributed by atoms with Gasteiger partial charge in [-0.25, -0.2) is 9.97 Å². The molecule has 3 heterocycles. The number of aromatic nitrogens is 3. The molecule has 0 radical (unpaired) electrons. The van der Waals surface area contributed by atoms with Crippen LogP contribution in [0, 0.1) is 5.92 Å². The number of hydrogen-bond donors (Lipinski definition) is 1. The summed E-state index contributed by atoms with van der Waals surface area (Å²) in [6.07, 6.45) is 8.26. The van der Waals surface area contributed by atoms with Gasteiger partial charge in [0.15, 0.2) is 0 Å². The molecule has 1 amide bonds. The number of nitrogens with zero attached hydrogens (tertiary/aromatic N) is 3. The first kappa shape index (κ1) is 17.3. The van der Waals surface area contributed by atoms with Crippen LogP contribution in [0.25, 0.3) is 10.9 Å². The molecule has 0 unspecified atom stereocenters. The maximum atomic E-state index is 12.7. The Morgan fingerprint density at radius 1 is 1.07 bits per heavy atom. The van der Waals surface area contributed by atoms with Crippen molar-refractivity contribution in [1.29, 1.82) is 0 Å². The molecule has 1 N–H and O–H groups in total. The Labute approximate surface area is 163 Å². The zero-order valence-corrected chi connectivity index (χ0v) is 15.5. The molecule has 3 aromatic rings. The summed E-state index contributed by atoms with van der Waals surface area (Å²) in [6, 6.07) is 10.2. The fourth-order valence-electron chi connectivity index (χ4n) is 3.83. The van der Waals surface area contributed by atoms with Crippen molar-refractivity contribution in [3.8, 4) is 0 Å². The lowest BCUT2D eigenvalue weighted by Gasteiger charge is -2.20. The summed E-state index contributed by atoms with van der Waals surface area (Å²) in [5, 5.41) is 4.28. The summed E-state index contributed by atoms with van der Waals surface area (Å²) in [6.45, 7) is 1.17. The van der Waals surface area contributed by atoms with Crippen molar-refractivity contribution in [3.05, 3.63) is 65.9 Å². The van der Waals surface area contributed by atoms with E-state index in [0.717, 1.165) is 36.0 Å². The molecule has 1 aliphatic carbocycles. The van der Waals surface area contributed by atoms with Gasteiger partial charge < -0.3 is 10.1 Å². The fourth-order valence-corrected chi connectivity index (χ4v) is 3.83. The maximum absolute atomic E-state index is 12.7. The van der Waals surface area contributed by atoms with E-state index < -0.39 is 0 Å². The lowest BCUT2D eigenvalue weighted by molar-refractivity contribution is 0.0924. The summed E-state index contributed by atoms with van der Waals surface area (Å²) in [7, 11) is 0. The molecular formula is C22H22N4O2. The van der Waals surface area contributed by atoms with Gasteiger partial charge >= 0.3 is 0 Å². The van der Waals surface area contributed by atoms with Crippen molar-refractivity contribution in [2.75, 3.05) is 13.2 Å². The smallest absolute Gasteiger partial charge is 0.254 e. The van der Waals surface area contributed by atoms with Gasteiger partial charge in [-0.2, -0.15) is 0 Å². The van der Waals surface area contributed by atoms with Gasteiger partial charge in [-0.05, 0) is 37.0 Å². The largest absolute Gasteiger partial charge is 0.379 e. The molecule has 1 saturated heterocycles. The van der Waals surface area contributed by atoms with E-state index in [4.69, 9.17) is 4.74 Å². The number of para-hydroxylation sites is 1. The molecule has 142 valence electrons. The van der Waals surface area contributed by atoms with E-state index in [2.05, 4.69) is 32.4 Å². The van der Waals surface area contributed by atoms with E-state index in [1.165, 1.54) is 5.56 Å². The van der Waals surface area contributed by atoms with Crippen LogP contribution in [-0.2, 0) is 11.2 Å². The predicted octanol–water partition coefficient (Wildman–Crippen LogP) is 2.89. The Bertz CT molecular complexity index is 996. The fraction of sp³-hybridized carbons (Fsp3) is 0.364. The van der Waals surface area contributed by atoms with Crippen LogP contribution in [0.3, 0.4) is 0 Å². The van der Waals surface area contributed by atoms with Crippen molar-refractivity contribution in [2.24, 2.45) is 5.92 Å². The van der Waals surface area contributed by atoms with Crippen molar-refractivity contribution in [3.63, 3.8) is 0 Å². The quantitative estimate of drug-likeness (QED) is 0.743. The molecule has 6 nitrogen and oxygen atoms in total. The lowest BCUT2D eigenvalue weighted by Crippen LogP contribution is -2.40. The van der Waals surface area contributed by atoms with Crippen molar-refractivity contribution in [1.82, 2.24) is 20.3 Å². The zero-order chi connectivity index (χ0) is 18.9. The molecule has 1 aromatic carbocycles. The number of amides is 1. The Kier molecular flexibility index (Phi) is 4.49. The van der Waals surface area contributed by atoms with Crippen molar-refractivity contribution >= 4 is 16.8 Å². The highest BCUT2D eigenvalue weighted by Gasteiger charge is 2.31. The highest BCUT2D eigenvalue weighted by molar-refractivity contribution is 5.93. The minimum Gasteiger partial charge on any atom is -0.379 e. The Balaban J connectivity index is 1.29. The average Bonchev–Trinajstić information content (AvgIpc) is 3.50. The highest BCUT2D eigenvalue weighted by Crippen LogP contribution is 2.37. The third-order valence-electron chi connectivity index (χ3n) is 5.61. The average molecular weight is 374 g/mol. The number of hydrogen-bond acceptors (Lipinski definition) is 5. The van der Waals surface area contributed by atoms with E-state index in [1.807, 2.05) is 24.4 Å². The van der Waals surface area contributed by atoms with Crippen molar-refractivity contribution < 1.29 is 9.53 Å². The second-order valence-electron chi connectivity index (χ2n) is 7.67. The first-order valence-corrected chi connectivity index (χ1v) is 9.81. The summed E-state index contributed by atoms with van der Waals surface area (Å²) in [5.74, 6) is 1.42. The molecule has 2 fully saturated rings. The summed E-state index contributed by atoms with van der Waals surface area (Å²) in [5.41, 5.74) is 2.73. The highest BCUT2D eigenvalue weighted by atomic mass is 16.5. The Morgan fingerprint density at radius 2 is 1.89 bits per heavy atom. The molecule has 5 rings (SSSR count). The van der Waals surface area contributed by atoms with Gasteiger partial charge in [0.05, 0.1) is 30.3 Å². The number of nitrogens with one attached hydrogen (secondary N) is 1. The van der Waals surface area contributed by atoms with Gasteiger partial charge in [-0.3, -0.25) is 9.78 Å². The second kappa shape index (κ2) is 7.28. The molecule has 1 saturated carbocycles. The number of ether oxygens (including phenoxy) is 1. The molecule has 1 aliphatic heterocycles. The van der Waals surface area contributed by atoms with E-state index >= 15 is 0 Å². The normalized spacial score (nSPS) is 21.7. The molecule has 2 aromatic heterocycles. The van der Waals surface area contributed by atoms with E-state index in [-0.39, 0.29) is 17.9 Å². The van der Waals surface area contributed by atoms with Crippen LogP contribution in [0.1, 0.15) is 40.5 Å². The SMILES string of the molecule is O=C(N[C@@H]1COC[C@H]1Cc1ccnc2ccccc12)c1cnc(C2CC2)nc1. The topological polar surface area (TPSA) is 77.0 Å². The van der Waals surface area contributed by atoms with E-state index in [0.29, 0.717) is 24.7 Å². The molecule has 28 heavy (non-hydrogen) atoms. The van der Waals surface area contributed by atoms with Crippen LogP contribution in [0.4, 0.5) is 0 Å². The van der Waals surface area contributed by atoms with Gasteiger partial charge in [0, 0.05) is 35.8 Å². The number of carbonyl (C=O) groups is 1. The van der Waals surface area contributed by atoms with Crippen LogP contribution < -0.4 is 5.32 Å². The Morgan fingerprint density at radius 3 is 2.71 bits per heavy atom. The molecule has 0 bridgehead atoms. The molecule has 0 spiro atoms. The second-order valence-corrected chi connectivity index (χ2v) is 7.67. The third kappa shape index (κ3) is 3.47. The Hall–Kier alpha value is -2.86. The number of carbonyl (C=O) groups excluding carboxylic acids is 1. The molecule has 2 atom stereocenters. The van der Waals surface area contributed by atoms with Gasteiger partial charge in [0.2, 0.25) is 0 Å². The van der Waals surface area contributed by atoms with E-state index in [1.54, 1.807) is 12.4 Å². The number of pyridine rings is 1. The molecule has 6 heteroatoms. The zero-order valence-electron chi connectivity index (χ0n) is 15.5. The third-order valence-corrected chi connectivity index (χ3v) is 5.61. The summed E-state index contributed by atoms with van der Waals surface area (Å²) >= 11 is 0. The summed E-state index contributed by atoms with van der Waals surface area (Å²) in [4.78, 5) is 25.8. The predicted molar refractivity (Wildman–Crippen MR) is 105 cm³/mol. The van der Waals surface area contributed by atoms with Crippen LogP contribution in [0.15, 0.2) is 48.9 Å². The van der Waals surface area contributed by atoms with Crippen LogP contribution in [0.2, 0.25) is 0 Å². The van der Waals surface area contributed by atoms with Crippen LogP contribution in [0.5, 0.6) is 0 Å². The standard InChI is InChI=1S/C22H22N4O2/c27-22(17-10-24-21(25-11-17)14-5-6-14)26-20-13-28-12-16(20)9-15-7-8-23-19-4-2-1-3-18(15)19/h1-4,7-8,10-11,14,16,20H,5-6,9,12-13H2,(H,26,27)/t16-,20-/m1/s1. The molecule has 2 aliphatic rings. The summed E-state index contributed by atoms with van der Waals surface area (Å²) < 4.78 is 5.69. The number of rotatable bonds is 5. The van der Waals surface area contributed by atoms with Crippen LogP contribution in [-0.4, -0.2) is 40.1 Å². The minimum atomic E-state index is -0.137. The van der Waals surface area contributed by atoms with Crippen LogP contribution >= 0.6 is 0 Å². The monoisotopic (exact) mass is 374 g/mol. The lowest BCUT2D eigenvalue weighted by atomic mass is 9.93. The van der Waals surface area contributed by atoms with Gasteiger partial charge in [0.25, 0.3) is 5.91 Å². The van der Waals surface area contributed by atoms with Gasteiger partial charge in [-0.15, -0.1) is 0 Å². The van der Waals surface area contributed by atoms with Gasteiger partial charge in [0.1, 0.15) is 5.82 Å². The number of benzene rings is 1. The minimum absolute atomic E-state index is 0.0254. The molecular weight excluding hydrogens is 352 g/mol. The first-order valence-electron chi connectivity index (χ1n) is 9.81. The first-order chi connectivity index (χ1) is 13.8. The van der Waals surface area contributed by atoms with E-state index in [9.17, 15) is 4.79 Å². The van der Waals surface area contributed by atoms with Gasteiger partial charge in [-0.1, -0.05) is 18.2 Å². The maximum Gasteiger partial charge on any atom is 0.254 e. The number of fused-ring (bicyclic) bond motifs is 1.